The largest absolute Gasteiger partial charge is 0.459 e. The van der Waals surface area contributed by atoms with Crippen LogP contribution in [0.5, 0.6) is 0 Å². The van der Waals surface area contributed by atoms with E-state index in [0.717, 1.165) is 11.3 Å². The molecule has 142 valence electrons. The first-order valence-electron chi connectivity index (χ1n) is 8.33. The van der Waals surface area contributed by atoms with Gasteiger partial charge in [0.25, 0.3) is 11.8 Å². The summed E-state index contributed by atoms with van der Waals surface area (Å²) in [4.78, 5) is 36.3. The maximum absolute atomic E-state index is 12.1. The van der Waals surface area contributed by atoms with Crippen molar-refractivity contribution in [3.8, 4) is 12.3 Å². The van der Waals surface area contributed by atoms with Crippen LogP contribution in [0.3, 0.4) is 0 Å². The number of carbonyl (C=O) groups excluding carboxylic acids is 3. The van der Waals surface area contributed by atoms with Crippen molar-refractivity contribution in [2.75, 3.05) is 11.9 Å². The highest BCUT2D eigenvalue weighted by Gasteiger charge is 2.26. The zero-order valence-corrected chi connectivity index (χ0v) is 15.9. The maximum atomic E-state index is 12.1. The van der Waals surface area contributed by atoms with Gasteiger partial charge in [-0.05, 0) is 37.1 Å². The van der Waals surface area contributed by atoms with Crippen molar-refractivity contribution < 1.29 is 23.5 Å². The number of thiophene rings is 1. The standard InChI is InChI=1S/C19H20N2O5S/c1-4-19(5-2,6-3)21-15(22)12-26-18(24)14-9-10-16(27-14)20-17(23)13-8-7-11-25-13/h1,7-11H,5-6,12H2,2-3H3,(H,20,23)(H,21,22). The van der Waals surface area contributed by atoms with E-state index in [2.05, 4.69) is 16.6 Å². The average Bonchev–Trinajstić information content (AvgIpc) is 3.36. The van der Waals surface area contributed by atoms with Gasteiger partial charge in [-0.15, -0.1) is 17.8 Å². The first-order valence-corrected chi connectivity index (χ1v) is 9.15. The van der Waals surface area contributed by atoms with Crippen molar-refractivity contribution in [2.45, 2.75) is 32.2 Å². The Balaban J connectivity index is 1.88. The Morgan fingerprint density at radius 2 is 2.00 bits per heavy atom. The predicted molar refractivity (Wildman–Crippen MR) is 102 cm³/mol. The molecule has 0 aliphatic heterocycles. The van der Waals surface area contributed by atoms with Crippen LogP contribution in [0, 0.1) is 12.3 Å². The third-order valence-corrected chi connectivity index (χ3v) is 4.97. The zero-order chi connectivity index (χ0) is 19.9. The molecular weight excluding hydrogens is 368 g/mol. The summed E-state index contributed by atoms with van der Waals surface area (Å²) < 4.78 is 10.0. The SMILES string of the molecule is C#CC(CC)(CC)NC(=O)COC(=O)c1ccc(NC(=O)c2ccco2)s1. The lowest BCUT2D eigenvalue weighted by molar-refractivity contribution is -0.125. The summed E-state index contributed by atoms with van der Waals surface area (Å²) in [5, 5.41) is 5.79. The molecule has 2 N–H and O–H groups in total. The van der Waals surface area contributed by atoms with Crippen molar-refractivity contribution in [1.29, 1.82) is 0 Å². The topological polar surface area (TPSA) is 97.6 Å². The van der Waals surface area contributed by atoms with Gasteiger partial charge in [0.1, 0.15) is 10.4 Å². The molecule has 2 rings (SSSR count). The number of carbonyl (C=O) groups is 3. The molecule has 0 unspecified atom stereocenters. The number of hydrogen-bond acceptors (Lipinski definition) is 6. The molecule has 2 aromatic rings. The normalized spacial score (nSPS) is 10.7. The zero-order valence-electron chi connectivity index (χ0n) is 15.0. The summed E-state index contributed by atoms with van der Waals surface area (Å²) in [7, 11) is 0. The van der Waals surface area contributed by atoms with Crippen molar-refractivity contribution in [3.05, 3.63) is 41.2 Å². The maximum Gasteiger partial charge on any atom is 0.348 e. The first-order chi connectivity index (χ1) is 12.9. The van der Waals surface area contributed by atoms with Gasteiger partial charge in [-0.1, -0.05) is 19.8 Å². The number of furan rings is 1. The highest BCUT2D eigenvalue weighted by molar-refractivity contribution is 7.18. The molecule has 0 fully saturated rings. The second kappa shape index (κ2) is 9.05. The highest BCUT2D eigenvalue weighted by atomic mass is 32.1. The molecule has 0 aromatic carbocycles. The van der Waals surface area contributed by atoms with Crippen LogP contribution in [0.25, 0.3) is 0 Å². The van der Waals surface area contributed by atoms with Crippen molar-refractivity contribution in [2.24, 2.45) is 0 Å². The Morgan fingerprint density at radius 1 is 1.26 bits per heavy atom. The van der Waals surface area contributed by atoms with E-state index < -0.39 is 29.9 Å². The molecule has 2 heterocycles. The van der Waals surface area contributed by atoms with Crippen LogP contribution in [-0.2, 0) is 9.53 Å². The second-order valence-electron chi connectivity index (χ2n) is 5.65. The van der Waals surface area contributed by atoms with Crippen molar-refractivity contribution >= 4 is 34.1 Å². The van der Waals surface area contributed by atoms with E-state index in [9.17, 15) is 14.4 Å². The molecule has 0 aliphatic carbocycles. The van der Waals surface area contributed by atoms with Gasteiger partial charge in [-0.3, -0.25) is 9.59 Å². The predicted octanol–water partition coefficient (Wildman–Crippen LogP) is 3.06. The van der Waals surface area contributed by atoms with Crippen molar-refractivity contribution in [3.63, 3.8) is 0 Å². The number of nitrogens with one attached hydrogen (secondary N) is 2. The highest BCUT2D eigenvalue weighted by Crippen LogP contribution is 2.23. The fourth-order valence-corrected chi connectivity index (χ4v) is 3.06. The third kappa shape index (κ3) is 5.21. The van der Waals surface area contributed by atoms with Gasteiger partial charge in [0.05, 0.1) is 11.3 Å². The van der Waals surface area contributed by atoms with Gasteiger partial charge < -0.3 is 19.8 Å². The Morgan fingerprint density at radius 3 is 2.59 bits per heavy atom. The van der Waals surface area contributed by atoms with Crippen LogP contribution in [0.1, 0.15) is 46.9 Å². The van der Waals surface area contributed by atoms with Gasteiger partial charge in [0.15, 0.2) is 12.4 Å². The number of amides is 2. The molecule has 0 saturated heterocycles. The fraction of sp³-hybridized carbons (Fsp3) is 0.316. The molecule has 2 aromatic heterocycles. The Hall–Kier alpha value is -3.05. The molecule has 27 heavy (non-hydrogen) atoms. The number of ether oxygens (including phenoxy) is 1. The molecule has 0 radical (unpaired) electrons. The monoisotopic (exact) mass is 388 g/mol. The smallest absolute Gasteiger partial charge is 0.348 e. The number of anilines is 1. The first kappa shape index (κ1) is 20.3. The van der Waals surface area contributed by atoms with Gasteiger partial charge in [0, 0.05) is 0 Å². The van der Waals surface area contributed by atoms with E-state index in [-0.39, 0.29) is 10.6 Å². The van der Waals surface area contributed by atoms with Gasteiger partial charge in [0.2, 0.25) is 0 Å². The molecule has 7 nitrogen and oxygen atoms in total. The van der Waals surface area contributed by atoms with E-state index in [0.29, 0.717) is 17.8 Å². The van der Waals surface area contributed by atoms with Crippen LogP contribution in [-0.4, -0.2) is 29.9 Å². The molecule has 0 aliphatic rings. The van der Waals surface area contributed by atoms with E-state index in [1.807, 2.05) is 13.8 Å². The molecule has 8 heteroatoms. The number of esters is 1. The van der Waals surface area contributed by atoms with Crippen LogP contribution < -0.4 is 10.6 Å². The summed E-state index contributed by atoms with van der Waals surface area (Å²) in [6, 6.07) is 6.20. The lowest BCUT2D eigenvalue weighted by Gasteiger charge is -2.26. The minimum absolute atomic E-state index is 0.160. The number of terminal acetylenes is 1. The van der Waals surface area contributed by atoms with Crippen LogP contribution >= 0.6 is 11.3 Å². The fourth-order valence-electron chi connectivity index (χ4n) is 2.27. The summed E-state index contributed by atoms with van der Waals surface area (Å²) in [5.41, 5.74) is -0.740. The average molecular weight is 388 g/mol. The van der Waals surface area contributed by atoms with Gasteiger partial charge in [-0.25, -0.2) is 4.79 Å². The minimum Gasteiger partial charge on any atom is -0.459 e. The summed E-state index contributed by atoms with van der Waals surface area (Å²) in [5.74, 6) is 1.19. The van der Waals surface area contributed by atoms with Crippen LogP contribution in [0.2, 0.25) is 0 Å². The molecule has 0 atom stereocenters. The minimum atomic E-state index is -0.740. The molecule has 0 bridgehead atoms. The van der Waals surface area contributed by atoms with Crippen LogP contribution in [0.15, 0.2) is 34.9 Å². The number of hydrogen-bond donors (Lipinski definition) is 2. The molecule has 0 spiro atoms. The van der Waals surface area contributed by atoms with Gasteiger partial charge in [-0.2, -0.15) is 0 Å². The quantitative estimate of drug-likeness (QED) is 0.535. The van der Waals surface area contributed by atoms with Crippen molar-refractivity contribution in [1.82, 2.24) is 5.32 Å². The van der Waals surface area contributed by atoms with E-state index >= 15 is 0 Å². The summed E-state index contributed by atoms with van der Waals surface area (Å²) in [6.07, 6.45) is 8.03. The molecule has 0 saturated carbocycles. The molecular formula is C19H20N2O5S. The van der Waals surface area contributed by atoms with Crippen LogP contribution in [0.4, 0.5) is 5.00 Å². The lowest BCUT2D eigenvalue weighted by atomic mass is 9.94. The molecule has 2 amide bonds. The summed E-state index contributed by atoms with van der Waals surface area (Å²) in [6.45, 7) is 3.31. The summed E-state index contributed by atoms with van der Waals surface area (Å²) >= 11 is 1.03. The Labute approximate surface area is 161 Å². The Bertz CT molecular complexity index is 844. The van der Waals surface area contributed by atoms with E-state index in [1.165, 1.54) is 18.4 Å². The Kier molecular flexibility index (Phi) is 6.79. The third-order valence-electron chi connectivity index (χ3n) is 3.99. The second-order valence-corrected chi connectivity index (χ2v) is 6.74. The van der Waals surface area contributed by atoms with E-state index in [4.69, 9.17) is 15.6 Å². The van der Waals surface area contributed by atoms with Gasteiger partial charge >= 0.3 is 5.97 Å². The number of rotatable bonds is 8. The lowest BCUT2D eigenvalue weighted by Crippen LogP contribution is -2.48. The van der Waals surface area contributed by atoms with E-state index in [1.54, 1.807) is 12.1 Å².